The predicted molar refractivity (Wildman–Crippen MR) is 75.8 cm³/mol. The summed E-state index contributed by atoms with van der Waals surface area (Å²) in [6, 6.07) is 4.40. The number of nitrogens with one attached hydrogen (secondary N) is 1. The summed E-state index contributed by atoms with van der Waals surface area (Å²) in [6.45, 7) is 3.07. The molecule has 1 rings (SSSR count). The Morgan fingerprint density at radius 1 is 0.947 bits per heavy atom. The molecule has 108 valence electrons. The summed E-state index contributed by atoms with van der Waals surface area (Å²) in [5.74, 6) is -1.46. The van der Waals surface area contributed by atoms with E-state index in [1.807, 2.05) is 7.05 Å². The van der Waals surface area contributed by atoms with Gasteiger partial charge in [-0.2, -0.15) is 4.39 Å². The fraction of sp³-hybridized carbons (Fsp3) is 0.625. The summed E-state index contributed by atoms with van der Waals surface area (Å²) >= 11 is 0. The lowest BCUT2D eigenvalue weighted by atomic mass is 10.1. The van der Waals surface area contributed by atoms with Gasteiger partial charge in [-0.1, -0.05) is 45.1 Å². The van der Waals surface area contributed by atoms with E-state index in [0.29, 0.717) is 5.69 Å². The minimum atomic E-state index is -0.753. The molecule has 0 fully saturated rings. The number of unbranched alkanes of at least 4 members (excludes halogenated alkanes) is 6. The summed E-state index contributed by atoms with van der Waals surface area (Å²) in [4.78, 5) is 0.950. The van der Waals surface area contributed by atoms with Gasteiger partial charge in [-0.05, 0) is 18.9 Å². The highest BCUT2D eigenvalue weighted by Crippen LogP contribution is 2.12. The van der Waals surface area contributed by atoms with E-state index in [1.54, 1.807) is 12.1 Å². The van der Waals surface area contributed by atoms with Gasteiger partial charge >= 0.3 is 0 Å². The highest BCUT2D eigenvalue weighted by atomic mass is 19.2. The van der Waals surface area contributed by atoms with Crippen molar-refractivity contribution >= 4 is 5.69 Å². The van der Waals surface area contributed by atoms with Gasteiger partial charge in [0.1, 0.15) is 0 Å². The molecule has 0 spiro atoms. The van der Waals surface area contributed by atoms with Gasteiger partial charge in [0.25, 0.3) is 0 Å². The minimum Gasteiger partial charge on any atom is -0.302 e. The molecular weight excluding hydrogens is 244 g/mol. The number of hydrogen-bond donors (Lipinski definition) is 1. The third-order valence-corrected chi connectivity index (χ3v) is 3.57. The molecular formula is C16H26F2N+. The van der Waals surface area contributed by atoms with Gasteiger partial charge in [-0.25, -0.2) is 4.39 Å². The zero-order chi connectivity index (χ0) is 14.1. The van der Waals surface area contributed by atoms with E-state index in [1.165, 1.54) is 44.6 Å². The molecule has 1 unspecified atom stereocenters. The first-order valence-electron chi connectivity index (χ1n) is 7.43. The van der Waals surface area contributed by atoms with E-state index in [0.717, 1.165) is 17.9 Å². The quantitative estimate of drug-likeness (QED) is 0.650. The van der Waals surface area contributed by atoms with Crippen molar-refractivity contribution in [2.75, 3.05) is 13.6 Å². The zero-order valence-electron chi connectivity index (χ0n) is 12.1. The molecule has 0 aliphatic heterocycles. The van der Waals surface area contributed by atoms with Crippen LogP contribution < -0.4 is 4.90 Å². The molecule has 0 radical (unpaired) electrons. The van der Waals surface area contributed by atoms with Crippen LogP contribution in [-0.2, 0) is 0 Å². The molecule has 19 heavy (non-hydrogen) atoms. The molecule has 0 saturated heterocycles. The SMILES string of the molecule is CCCCCCCCC[NH+](C)c1cccc(F)c1F. The van der Waals surface area contributed by atoms with Crippen molar-refractivity contribution in [1.82, 2.24) is 0 Å². The number of quaternary nitrogens is 1. The Kier molecular flexibility index (Phi) is 7.65. The second kappa shape index (κ2) is 9.03. The van der Waals surface area contributed by atoms with Crippen LogP contribution in [0.5, 0.6) is 0 Å². The lowest BCUT2D eigenvalue weighted by molar-refractivity contribution is -0.811. The van der Waals surface area contributed by atoms with Crippen molar-refractivity contribution in [2.24, 2.45) is 0 Å². The molecule has 3 heteroatoms. The first kappa shape index (κ1) is 16.1. The second-order valence-electron chi connectivity index (χ2n) is 5.25. The van der Waals surface area contributed by atoms with Crippen molar-refractivity contribution in [3.05, 3.63) is 29.8 Å². The van der Waals surface area contributed by atoms with Crippen molar-refractivity contribution in [3.8, 4) is 0 Å². The Morgan fingerprint density at radius 2 is 1.58 bits per heavy atom. The van der Waals surface area contributed by atoms with Crippen LogP contribution >= 0.6 is 0 Å². The fourth-order valence-electron chi connectivity index (χ4n) is 2.32. The highest BCUT2D eigenvalue weighted by Gasteiger charge is 2.15. The van der Waals surface area contributed by atoms with E-state index in [9.17, 15) is 8.78 Å². The molecule has 0 aliphatic rings. The number of benzene rings is 1. The number of hydrogen-bond acceptors (Lipinski definition) is 0. The summed E-state index contributed by atoms with van der Waals surface area (Å²) < 4.78 is 26.7. The smallest absolute Gasteiger partial charge is 0.219 e. The molecule has 0 amide bonds. The Morgan fingerprint density at radius 3 is 2.26 bits per heavy atom. The van der Waals surface area contributed by atoms with Gasteiger partial charge in [-0.15, -0.1) is 0 Å². The summed E-state index contributed by atoms with van der Waals surface area (Å²) in [7, 11) is 1.90. The lowest BCUT2D eigenvalue weighted by Crippen LogP contribution is -3.04. The molecule has 1 nitrogen and oxygen atoms in total. The van der Waals surface area contributed by atoms with Crippen molar-refractivity contribution in [1.29, 1.82) is 0 Å². The summed E-state index contributed by atoms with van der Waals surface area (Å²) in [6.07, 6.45) is 8.69. The third kappa shape index (κ3) is 5.68. The first-order valence-corrected chi connectivity index (χ1v) is 7.43. The van der Waals surface area contributed by atoms with Crippen molar-refractivity contribution < 1.29 is 13.7 Å². The zero-order valence-corrected chi connectivity index (χ0v) is 12.1. The maximum atomic E-state index is 13.6. The van der Waals surface area contributed by atoms with E-state index >= 15 is 0 Å². The highest BCUT2D eigenvalue weighted by molar-refractivity contribution is 5.31. The van der Waals surface area contributed by atoms with Gasteiger partial charge in [0.15, 0.2) is 11.5 Å². The van der Waals surface area contributed by atoms with Crippen LogP contribution in [0.3, 0.4) is 0 Å². The van der Waals surface area contributed by atoms with Crippen LogP contribution in [0.1, 0.15) is 51.9 Å². The standard InChI is InChI=1S/C16H25F2N/c1-3-4-5-6-7-8-9-13-19(2)15-12-10-11-14(17)16(15)18/h10-12H,3-9,13H2,1-2H3/p+1. The Hall–Kier alpha value is -0.960. The lowest BCUT2D eigenvalue weighted by Gasteiger charge is -2.14. The van der Waals surface area contributed by atoms with Gasteiger partial charge in [0, 0.05) is 6.07 Å². The Bertz CT molecular complexity index is 366. The van der Waals surface area contributed by atoms with Crippen LogP contribution in [0.2, 0.25) is 0 Å². The molecule has 0 heterocycles. The monoisotopic (exact) mass is 270 g/mol. The maximum Gasteiger partial charge on any atom is 0.219 e. The second-order valence-corrected chi connectivity index (χ2v) is 5.25. The van der Waals surface area contributed by atoms with Crippen LogP contribution in [0.25, 0.3) is 0 Å². The van der Waals surface area contributed by atoms with E-state index < -0.39 is 11.6 Å². The maximum absolute atomic E-state index is 13.6. The number of rotatable bonds is 9. The van der Waals surface area contributed by atoms with Gasteiger partial charge in [0.2, 0.25) is 5.82 Å². The van der Waals surface area contributed by atoms with Crippen molar-refractivity contribution in [2.45, 2.75) is 51.9 Å². The van der Waals surface area contributed by atoms with E-state index in [2.05, 4.69) is 6.92 Å². The number of halogens is 2. The molecule has 1 aromatic rings. The molecule has 0 bridgehead atoms. The third-order valence-electron chi connectivity index (χ3n) is 3.57. The first-order chi connectivity index (χ1) is 9.16. The van der Waals surface area contributed by atoms with Crippen LogP contribution in [0.4, 0.5) is 14.5 Å². The molecule has 1 atom stereocenters. The van der Waals surface area contributed by atoms with Crippen molar-refractivity contribution in [3.63, 3.8) is 0 Å². The Balaban J connectivity index is 2.24. The van der Waals surface area contributed by atoms with Gasteiger partial charge in [0.05, 0.1) is 13.6 Å². The normalized spacial score (nSPS) is 12.6. The topological polar surface area (TPSA) is 4.44 Å². The van der Waals surface area contributed by atoms with E-state index in [4.69, 9.17) is 0 Å². The molecule has 1 N–H and O–H groups in total. The average molecular weight is 270 g/mol. The van der Waals surface area contributed by atoms with Crippen LogP contribution in [-0.4, -0.2) is 13.6 Å². The van der Waals surface area contributed by atoms with Crippen LogP contribution in [0.15, 0.2) is 18.2 Å². The van der Waals surface area contributed by atoms with Crippen LogP contribution in [0, 0.1) is 11.6 Å². The summed E-state index contributed by atoms with van der Waals surface area (Å²) in [5, 5.41) is 0. The fourth-order valence-corrected chi connectivity index (χ4v) is 2.32. The average Bonchev–Trinajstić information content (AvgIpc) is 2.40. The summed E-state index contributed by atoms with van der Waals surface area (Å²) in [5.41, 5.74) is 0.436. The molecule has 0 saturated carbocycles. The predicted octanol–water partition coefficient (Wildman–Crippen LogP) is 3.86. The Labute approximate surface area is 115 Å². The largest absolute Gasteiger partial charge is 0.302 e. The molecule has 0 aromatic heterocycles. The molecule has 0 aliphatic carbocycles. The minimum absolute atomic E-state index is 0.436. The molecule has 1 aromatic carbocycles. The van der Waals surface area contributed by atoms with E-state index in [-0.39, 0.29) is 0 Å². The van der Waals surface area contributed by atoms with Gasteiger partial charge in [-0.3, -0.25) is 0 Å². The van der Waals surface area contributed by atoms with Gasteiger partial charge < -0.3 is 4.90 Å².